The summed E-state index contributed by atoms with van der Waals surface area (Å²) in [5.74, 6) is 0.676. The van der Waals surface area contributed by atoms with Gasteiger partial charge < -0.3 is 0 Å². The van der Waals surface area contributed by atoms with Crippen LogP contribution in [0.15, 0.2) is 30.3 Å². The molecule has 2 nitrogen and oxygen atoms in total. The zero-order valence-corrected chi connectivity index (χ0v) is 11.8. The second-order valence-corrected chi connectivity index (χ2v) is 4.89. The highest BCUT2D eigenvalue weighted by Gasteiger charge is 2.19. The Labute approximate surface area is 111 Å². The van der Waals surface area contributed by atoms with Crippen molar-refractivity contribution in [1.29, 1.82) is 5.26 Å². The van der Waals surface area contributed by atoms with Crippen LogP contribution in [0.5, 0.6) is 0 Å². The monoisotopic (exact) mass is 244 g/mol. The summed E-state index contributed by atoms with van der Waals surface area (Å²) in [7, 11) is 0. The van der Waals surface area contributed by atoms with E-state index in [0.717, 1.165) is 13.1 Å². The zero-order valence-electron chi connectivity index (χ0n) is 11.8. The van der Waals surface area contributed by atoms with Gasteiger partial charge in [0, 0.05) is 12.6 Å². The SMILES string of the molecule is CCC(C)CN(CC)C(CC#N)c1ccccc1. The van der Waals surface area contributed by atoms with E-state index in [1.165, 1.54) is 12.0 Å². The van der Waals surface area contributed by atoms with Crippen LogP contribution >= 0.6 is 0 Å². The summed E-state index contributed by atoms with van der Waals surface area (Å²) in [6, 6.07) is 12.9. The van der Waals surface area contributed by atoms with Crippen LogP contribution in [0.4, 0.5) is 0 Å². The maximum atomic E-state index is 9.06. The van der Waals surface area contributed by atoms with E-state index in [0.29, 0.717) is 12.3 Å². The van der Waals surface area contributed by atoms with E-state index in [-0.39, 0.29) is 6.04 Å². The van der Waals surface area contributed by atoms with Gasteiger partial charge in [-0.25, -0.2) is 0 Å². The maximum Gasteiger partial charge on any atom is 0.0641 e. The number of hydrogen-bond acceptors (Lipinski definition) is 2. The van der Waals surface area contributed by atoms with Gasteiger partial charge in [0.1, 0.15) is 0 Å². The van der Waals surface area contributed by atoms with Crippen LogP contribution in [0.2, 0.25) is 0 Å². The largest absolute Gasteiger partial charge is 0.295 e. The molecule has 1 rings (SSSR count). The average Bonchev–Trinajstić information content (AvgIpc) is 2.43. The molecule has 0 N–H and O–H groups in total. The molecule has 0 fully saturated rings. The number of benzene rings is 1. The van der Waals surface area contributed by atoms with Gasteiger partial charge in [0.25, 0.3) is 0 Å². The highest BCUT2D eigenvalue weighted by atomic mass is 15.1. The minimum atomic E-state index is 0.232. The van der Waals surface area contributed by atoms with Crippen molar-refractivity contribution in [3.05, 3.63) is 35.9 Å². The molecule has 1 aromatic rings. The first kappa shape index (κ1) is 14.7. The Balaban J connectivity index is 2.85. The molecule has 0 radical (unpaired) electrons. The summed E-state index contributed by atoms with van der Waals surface area (Å²) in [4.78, 5) is 2.42. The molecule has 98 valence electrons. The predicted molar refractivity (Wildman–Crippen MR) is 76.1 cm³/mol. The fraction of sp³-hybridized carbons (Fsp3) is 0.562. The van der Waals surface area contributed by atoms with Crippen LogP contribution in [-0.4, -0.2) is 18.0 Å². The van der Waals surface area contributed by atoms with Gasteiger partial charge in [-0.2, -0.15) is 5.26 Å². The Morgan fingerprint density at radius 1 is 1.22 bits per heavy atom. The second-order valence-electron chi connectivity index (χ2n) is 4.89. The third-order valence-electron chi connectivity index (χ3n) is 3.56. The van der Waals surface area contributed by atoms with Crippen molar-refractivity contribution in [3.8, 4) is 6.07 Å². The number of nitrogens with zero attached hydrogens (tertiary/aromatic N) is 2. The molecular weight excluding hydrogens is 220 g/mol. The minimum absolute atomic E-state index is 0.232. The van der Waals surface area contributed by atoms with Gasteiger partial charge >= 0.3 is 0 Å². The van der Waals surface area contributed by atoms with E-state index in [9.17, 15) is 0 Å². The lowest BCUT2D eigenvalue weighted by atomic mass is 10.00. The quantitative estimate of drug-likeness (QED) is 0.724. The Morgan fingerprint density at radius 2 is 1.89 bits per heavy atom. The van der Waals surface area contributed by atoms with Crippen molar-refractivity contribution < 1.29 is 0 Å². The standard InChI is InChI=1S/C16H24N2/c1-4-14(3)13-18(5-2)16(11-12-17)15-9-7-6-8-10-15/h6-10,14,16H,4-5,11,13H2,1-3H3. The van der Waals surface area contributed by atoms with E-state index in [2.05, 4.69) is 56.0 Å². The molecule has 0 saturated heterocycles. The summed E-state index contributed by atoms with van der Waals surface area (Å²) < 4.78 is 0. The van der Waals surface area contributed by atoms with Crippen LogP contribution in [0, 0.1) is 17.2 Å². The molecule has 0 aliphatic carbocycles. The molecule has 0 aliphatic rings. The maximum absolute atomic E-state index is 9.06. The van der Waals surface area contributed by atoms with Crippen molar-refractivity contribution in [1.82, 2.24) is 4.90 Å². The van der Waals surface area contributed by atoms with Crippen LogP contribution in [0.3, 0.4) is 0 Å². The molecule has 0 amide bonds. The fourth-order valence-electron chi connectivity index (χ4n) is 2.23. The van der Waals surface area contributed by atoms with Crippen LogP contribution in [0.25, 0.3) is 0 Å². The van der Waals surface area contributed by atoms with Crippen molar-refractivity contribution in [2.75, 3.05) is 13.1 Å². The van der Waals surface area contributed by atoms with Gasteiger partial charge in [0.05, 0.1) is 12.5 Å². The third-order valence-corrected chi connectivity index (χ3v) is 3.56. The smallest absolute Gasteiger partial charge is 0.0641 e. The van der Waals surface area contributed by atoms with E-state index >= 15 is 0 Å². The first-order chi connectivity index (χ1) is 8.72. The first-order valence-corrected chi connectivity index (χ1v) is 6.88. The molecule has 2 heteroatoms. The van der Waals surface area contributed by atoms with Crippen molar-refractivity contribution in [2.24, 2.45) is 5.92 Å². The topological polar surface area (TPSA) is 27.0 Å². The summed E-state index contributed by atoms with van der Waals surface area (Å²) >= 11 is 0. The van der Waals surface area contributed by atoms with Gasteiger partial charge in [-0.15, -0.1) is 0 Å². The van der Waals surface area contributed by atoms with Crippen LogP contribution in [-0.2, 0) is 0 Å². The lowest BCUT2D eigenvalue weighted by Gasteiger charge is -2.31. The molecule has 2 atom stereocenters. The number of nitriles is 1. The van der Waals surface area contributed by atoms with Crippen LogP contribution < -0.4 is 0 Å². The fourth-order valence-corrected chi connectivity index (χ4v) is 2.23. The molecule has 0 bridgehead atoms. The molecule has 0 aliphatic heterocycles. The van der Waals surface area contributed by atoms with E-state index < -0.39 is 0 Å². The summed E-state index contributed by atoms with van der Waals surface area (Å²) in [5, 5.41) is 9.06. The van der Waals surface area contributed by atoms with Crippen molar-refractivity contribution in [2.45, 2.75) is 39.7 Å². The molecule has 0 aromatic heterocycles. The molecule has 1 aromatic carbocycles. The first-order valence-electron chi connectivity index (χ1n) is 6.88. The molecule has 0 saturated carbocycles. The highest BCUT2D eigenvalue weighted by Crippen LogP contribution is 2.25. The molecular formula is C16H24N2. The zero-order chi connectivity index (χ0) is 13.4. The molecule has 2 unspecified atom stereocenters. The van der Waals surface area contributed by atoms with Crippen LogP contribution in [0.1, 0.15) is 45.2 Å². The number of hydrogen-bond donors (Lipinski definition) is 0. The van der Waals surface area contributed by atoms with Gasteiger partial charge in [-0.05, 0) is 18.0 Å². The highest BCUT2D eigenvalue weighted by molar-refractivity contribution is 5.20. The third kappa shape index (κ3) is 4.16. The lowest BCUT2D eigenvalue weighted by molar-refractivity contribution is 0.180. The van der Waals surface area contributed by atoms with Gasteiger partial charge in [0.2, 0.25) is 0 Å². The van der Waals surface area contributed by atoms with Gasteiger partial charge in [-0.1, -0.05) is 57.5 Å². The normalized spacial score (nSPS) is 14.2. The van der Waals surface area contributed by atoms with Gasteiger partial charge in [-0.3, -0.25) is 4.90 Å². The Hall–Kier alpha value is -1.33. The Morgan fingerprint density at radius 3 is 2.39 bits per heavy atom. The van der Waals surface area contributed by atoms with E-state index in [1.54, 1.807) is 0 Å². The molecule has 0 heterocycles. The summed E-state index contributed by atoms with van der Waals surface area (Å²) in [5.41, 5.74) is 1.25. The number of rotatable bonds is 7. The Kier molecular flexibility index (Phi) is 6.46. The van der Waals surface area contributed by atoms with Crippen molar-refractivity contribution >= 4 is 0 Å². The van der Waals surface area contributed by atoms with Gasteiger partial charge in [0.15, 0.2) is 0 Å². The summed E-state index contributed by atoms with van der Waals surface area (Å²) in [6.45, 7) is 8.73. The molecule has 0 spiro atoms. The van der Waals surface area contributed by atoms with E-state index in [1.807, 2.05) is 6.07 Å². The lowest BCUT2D eigenvalue weighted by Crippen LogP contribution is -2.32. The second kappa shape index (κ2) is 7.89. The average molecular weight is 244 g/mol. The predicted octanol–water partition coefficient (Wildman–Crippen LogP) is 4.01. The van der Waals surface area contributed by atoms with E-state index in [4.69, 9.17) is 5.26 Å². The summed E-state index contributed by atoms with van der Waals surface area (Å²) in [6.07, 6.45) is 1.75. The van der Waals surface area contributed by atoms with Crippen molar-refractivity contribution in [3.63, 3.8) is 0 Å². The Bertz CT molecular complexity index is 366. The minimum Gasteiger partial charge on any atom is -0.295 e. The molecule has 18 heavy (non-hydrogen) atoms.